The van der Waals surface area contributed by atoms with Crippen LogP contribution in [0.1, 0.15) is 65.2 Å². The van der Waals surface area contributed by atoms with E-state index in [1.807, 2.05) is 0 Å². The van der Waals surface area contributed by atoms with Gasteiger partial charge in [-0.15, -0.1) is 0 Å². The largest absolute Gasteiger partial charge is 0.322 e. The molecule has 1 aliphatic heterocycles. The molecule has 18 heavy (non-hydrogen) atoms. The molecule has 0 bridgehead atoms. The predicted octanol–water partition coefficient (Wildman–Crippen LogP) is 4.71. The lowest BCUT2D eigenvalue weighted by molar-refractivity contribution is -0.925. The Kier molecular flexibility index (Phi) is 9.22. The van der Waals surface area contributed by atoms with Crippen molar-refractivity contribution in [1.82, 2.24) is 0 Å². The van der Waals surface area contributed by atoms with Gasteiger partial charge in [-0.25, -0.2) is 0 Å². The van der Waals surface area contributed by atoms with E-state index in [0.717, 1.165) is 0 Å². The highest BCUT2D eigenvalue weighted by Gasteiger charge is 2.28. The second-order valence-corrected chi connectivity index (χ2v) is 7.19. The number of thioether (sulfide) groups is 1. The lowest BCUT2D eigenvalue weighted by Gasteiger charge is -2.41. The Hall–Kier alpha value is 0.310. The molecule has 0 radical (unpaired) electrons. The van der Waals surface area contributed by atoms with Crippen LogP contribution in [0.25, 0.3) is 0 Å². The number of nitrogens with zero attached hydrogens (tertiary/aromatic N) is 1. The van der Waals surface area contributed by atoms with Crippen molar-refractivity contribution in [2.75, 3.05) is 37.7 Å². The van der Waals surface area contributed by atoms with Gasteiger partial charge in [-0.2, -0.15) is 11.8 Å². The molecule has 0 aromatic rings. The smallest absolute Gasteiger partial charge is 0.0878 e. The molecule has 0 aromatic carbocycles. The summed E-state index contributed by atoms with van der Waals surface area (Å²) < 4.78 is 1.46. The Balaban J connectivity index is 2.27. The van der Waals surface area contributed by atoms with Crippen LogP contribution in [0, 0.1) is 0 Å². The first kappa shape index (κ1) is 16.4. The number of rotatable bonds is 10. The summed E-state index contributed by atoms with van der Waals surface area (Å²) in [6.45, 7) is 10.4. The zero-order valence-corrected chi connectivity index (χ0v) is 13.6. The molecule has 0 saturated carbocycles. The quantitative estimate of drug-likeness (QED) is 0.410. The summed E-state index contributed by atoms with van der Waals surface area (Å²) in [7, 11) is 0. The molecule has 0 unspecified atom stereocenters. The summed E-state index contributed by atoms with van der Waals surface area (Å²) >= 11 is 2.17. The van der Waals surface area contributed by atoms with Crippen molar-refractivity contribution in [2.45, 2.75) is 65.2 Å². The molecule has 1 rings (SSSR count). The van der Waals surface area contributed by atoms with E-state index in [1.165, 1.54) is 93.5 Å². The van der Waals surface area contributed by atoms with E-state index < -0.39 is 0 Å². The van der Waals surface area contributed by atoms with E-state index in [1.54, 1.807) is 0 Å². The fourth-order valence-corrected chi connectivity index (χ4v) is 4.27. The lowest BCUT2D eigenvalue weighted by atomic mass is 10.1. The summed E-state index contributed by atoms with van der Waals surface area (Å²) in [6, 6.07) is 0. The van der Waals surface area contributed by atoms with Crippen molar-refractivity contribution in [2.24, 2.45) is 0 Å². The summed E-state index contributed by atoms with van der Waals surface area (Å²) in [5.41, 5.74) is 0. The molecule has 1 nitrogen and oxygen atoms in total. The zero-order valence-electron chi connectivity index (χ0n) is 12.8. The van der Waals surface area contributed by atoms with Gasteiger partial charge in [0.15, 0.2) is 0 Å². The van der Waals surface area contributed by atoms with Gasteiger partial charge < -0.3 is 4.48 Å². The molecule has 0 amide bonds. The highest BCUT2D eigenvalue weighted by atomic mass is 32.2. The van der Waals surface area contributed by atoms with Gasteiger partial charge in [0.2, 0.25) is 0 Å². The zero-order chi connectivity index (χ0) is 13.1. The third-order valence-corrected chi connectivity index (χ3v) is 5.33. The van der Waals surface area contributed by atoms with E-state index in [-0.39, 0.29) is 0 Å². The fraction of sp³-hybridized carbons (Fsp3) is 1.00. The molecule has 1 heterocycles. The third-order valence-electron chi connectivity index (χ3n) is 4.39. The van der Waals surface area contributed by atoms with E-state index in [0.29, 0.717) is 0 Å². The highest BCUT2D eigenvalue weighted by molar-refractivity contribution is 7.99. The van der Waals surface area contributed by atoms with E-state index in [4.69, 9.17) is 0 Å². The monoisotopic (exact) mass is 272 g/mol. The van der Waals surface area contributed by atoms with Crippen molar-refractivity contribution in [3.8, 4) is 0 Å². The van der Waals surface area contributed by atoms with Crippen LogP contribution < -0.4 is 0 Å². The van der Waals surface area contributed by atoms with Gasteiger partial charge in [-0.1, -0.05) is 39.5 Å². The van der Waals surface area contributed by atoms with Gasteiger partial charge in [-0.05, 0) is 25.7 Å². The van der Waals surface area contributed by atoms with Crippen LogP contribution in [0.4, 0.5) is 0 Å². The topological polar surface area (TPSA) is 0 Å². The summed E-state index contributed by atoms with van der Waals surface area (Å²) in [5, 5.41) is 0. The Bertz CT molecular complexity index is 174. The highest BCUT2D eigenvalue weighted by Crippen LogP contribution is 2.21. The molecule has 0 aromatic heterocycles. The first-order chi connectivity index (χ1) is 8.83. The van der Waals surface area contributed by atoms with Crippen molar-refractivity contribution in [1.29, 1.82) is 0 Å². The Labute approximate surface area is 119 Å². The van der Waals surface area contributed by atoms with E-state index in [9.17, 15) is 0 Å². The van der Waals surface area contributed by atoms with Crippen LogP contribution in [0.15, 0.2) is 0 Å². The Morgan fingerprint density at radius 2 is 1.22 bits per heavy atom. The van der Waals surface area contributed by atoms with Crippen LogP contribution in [0.5, 0.6) is 0 Å². The van der Waals surface area contributed by atoms with E-state index >= 15 is 0 Å². The average molecular weight is 273 g/mol. The lowest BCUT2D eigenvalue weighted by Crippen LogP contribution is -2.54. The standard InChI is InChI=1S/C16H34NS/c1-3-5-7-9-11-17(12-10-8-6-4-2)13-15-18-16-14-17/h3-16H2,1-2H3/q+1. The van der Waals surface area contributed by atoms with Crippen molar-refractivity contribution in [3.05, 3.63) is 0 Å². The van der Waals surface area contributed by atoms with Gasteiger partial charge in [-0.3, -0.25) is 0 Å². The SMILES string of the molecule is CCCCCC[N+]1(CCCCCC)CCSCC1. The molecule has 0 N–H and O–H groups in total. The number of quaternary nitrogens is 1. The molecule has 0 spiro atoms. The van der Waals surface area contributed by atoms with Crippen molar-refractivity contribution < 1.29 is 4.48 Å². The summed E-state index contributed by atoms with van der Waals surface area (Å²) in [5.74, 6) is 2.81. The first-order valence-corrected chi connectivity index (χ1v) is 9.41. The van der Waals surface area contributed by atoms with Gasteiger partial charge in [0.25, 0.3) is 0 Å². The van der Waals surface area contributed by atoms with Crippen LogP contribution in [-0.4, -0.2) is 42.2 Å². The predicted molar refractivity (Wildman–Crippen MR) is 85.3 cm³/mol. The van der Waals surface area contributed by atoms with Crippen LogP contribution >= 0.6 is 11.8 Å². The molecular weight excluding hydrogens is 238 g/mol. The Morgan fingerprint density at radius 3 is 1.67 bits per heavy atom. The molecule has 2 heteroatoms. The van der Waals surface area contributed by atoms with Gasteiger partial charge in [0.05, 0.1) is 26.2 Å². The minimum Gasteiger partial charge on any atom is -0.322 e. The van der Waals surface area contributed by atoms with Crippen LogP contribution in [-0.2, 0) is 0 Å². The number of unbranched alkanes of at least 4 members (excludes halogenated alkanes) is 6. The normalized spacial score (nSPS) is 19.0. The average Bonchev–Trinajstić information content (AvgIpc) is 2.41. The first-order valence-electron chi connectivity index (χ1n) is 8.26. The molecule has 1 fully saturated rings. The second kappa shape index (κ2) is 10.1. The fourth-order valence-electron chi connectivity index (χ4n) is 3.04. The number of hydrogen-bond acceptors (Lipinski definition) is 1. The van der Waals surface area contributed by atoms with Gasteiger partial charge in [0, 0.05) is 11.5 Å². The molecule has 108 valence electrons. The minimum absolute atomic E-state index is 1.37. The molecule has 1 aliphatic rings. The number of hydrogen-bond donors (Lipinski definition) is 0. The summed E-state index contributed by atoms with van der Waals surface area (Å²) in [6.07, 6.45) is 11.4. The molecular formula is C16H34NS+. The van der Waals surface area contributed by atoms with E-state index in [2.05, 4.69) is 25.6 Å². The maximum absolute atomic E-state index is 2.31. The molecule has 0 atom stereocenters. The van der Waals surface area contributed by atoms with Crippen molar-refractivity contribution >= 4 is 11.8 Å². The molecule has 1 saturated heterocycles. The maximum Gasteiger partial charge on any atom is 0.0878 e. The van der Waals surface area contributed by atoms with Gasteiger partial charge >= 0.3 is 0 Å². The van der Waals surface area contributed by atoms with Gasteiger partial charge in [0.1, 0.15) is 0 Å². The maximum atomic E-state index is 2.31. The van der Waals surface area contributed by atoms with Crippen molar-refractivity contribution in [3.63, 3.8) is 0 Å². The summed E-state index contributed by atoms with van der Waals surface area (Å²) in [4.78, 5) is 0. The Morgan fingerprint density at radius 1 is 0.722 bits per heavy atom. The molecule has 0 aliphatic carbocycles. The second-order valence-electron chi connectivity index (χ2n) is 5.97. The van der Waals surface area contributed by atoms with Crippen LogP contribution in [0.3, 0.4) is 0 Å². The van der Waals surface area contributed by atoms with Crippen LogP contribution in [0.2, 0.25) is 0 Å². The third kappa shape index (κ3) is 6.47. The minimum atomic E-state index is 1.37.